The molecule has 1 heterocycles. The van der Waals surface area contributed by atoms with Crippen molar-refractivity contribution in [2.75, 3.05) is 0 Å². The summed E-state index contributed by atoms with van der Waals surface area (Å²) in [6.07, 6.45) is 3.15. The van der Waals surface area contributed by atoms with Crippen molar-refractivity contribution in [2.24, 2.45) is 0 Å². The van der Waals surface area contributed by atoms with Gasteiger partial charge in [-0.15, -0.1) is 0 Å². The lowest BCUT2D eigenvalue weighted by atomic mass is 10.3. The molecule has 0 saturated heterocycles. The molecule has 1 nitrogen and oxygen atoms in total. The number of halogens is 3. The second-order valence-electron chi connectivity index (χ2n) is 2.70. The number of aromatic nitrogens is 1. The molecule has 1 aromatic heterocycles. The quantitative estimate of drug-likeness (QED) is 0.602. The third-order valence-corrected chi connectivity index (χ3v) is 5.04. The van der Waals surface area contributed by atoms with E-state index in [0.717, 1.165) is 14.4 Å². The largest absolute Gasteiger partial charge is 0.301 e. The Labute approximate surface area is 115 Å². The number of hydrogen-bond acceptors (Lipinski definition) is 0. The van der Waals surface area contributed by atoms with Crippen molar-refractivity contribution in [3.05, 3.63) is 48.8 Å². The summed E-state index contributed by atoms with van der Waals surface area (Å²) < 4.78 is 4.28. The monoisotopic (exact) mass is 428 g/mol. The zero-order valence-corrected chi connectivity index (χ0v) is 12.0. The van der Waals surface area contributed by atoms with Crippen molar-refractivity contribution < 1.29 is 0 Å². The van der Waals surface area contributed by atoms with Crippen LogP contribution in [0.3, 0.4) is 0 Å². The lowest BCUT2D eigenvalue weighted by Crippen LogP contribution is -1.96. The zero-order valence-electron chi connectivity index (χ0n) is 6.97. The maximum Gasteiger partial charge on any atom is 0.0985 e. The molecule has 2 rings (SSSR count). The number of hydrogen-bond donors (Lipinski definition) is 0. The highest BCUT2D eigenvalue weighted by Gasteiger charge is 2.07. The summed E-state index contributed by atoms with van der Waals surface area (Å²) >= 11 is 10.7. The first kappa shape index (κ1) is 10.8. The number of benzene rings is 1. The van der Waals surface area contributed by atoms with Gasteiger partial charge in [-0.2, -0.15) is 0 Å². The molecular formula is C10H5ClI2N. The molecular weight excluding hydrogens is 423 g/mol. The minimum absolute atomic E-state index is 0.744. The van der Waals surface area contributed by atoms with E-state index in [1.54, 1.807) is 0 Å². The molecule has 1 aromatic carbocycles. The van der Waals surface area contributed by atoms with Crippen LogP contribution in [0.25, 0.3) is 5.69 Å². The first-order valence-corrected chi connectivity index (χ1v) is 6.43. The van der Waals surface area contributed by atoms with E-state index in [1.807, 2.05) is 34.9 Å². The van der Waals surface area contributed by atoms with E-state index in [4.69, 9.17) is 11.6 Å². The van der Waals surface area contributed by atoms with Gasteiger partial charge >= 0.3 is 0 Å². The molecule has 0 atom stereocenters. The second-order valence-corrected chi connectivity index (χ2v) is 5.29. The Morgan fingerprint density at radius 3 is 2.50 bits per heavy atom. The normalized spacial score (nSPS) is 10.5. The van der Waals surface area contributed by atoms with Crippen LogP contribution in [0.1, 0.15) is 0 Å². The Morgan fingerprint density at radius 1 is 1.21 bits per heavy atom. The van der Waals surface area contributed by atoms with Crippen LogP contribution in [-0.2, 0) is 0 Å². The summed E-state index contributed by atoms with van der Waals surface area (Å²) in [5.41, 5.74) is 0.974. The van der Waals surface area contributed by atoms with E-state index in [0.29, 0.717) is 0 Å². The second kappa shape index (κ2) is 4.40. The van der Waals surface area contributed by atoms with Gasteiger partial charge in [0.1, 0.15) is 0 Å². The topological polar surface area (TPSA) is 4.93 Å². The van der Waals surface area contributed by atoms with Crippen molar-refractivity contribution in [3.63, 3.8) is 0 Å². The molecule has 0 aliphatic carbocycles. The molecule has 0 fully saturated rings. The maximum absolute atomic E-state index is 6.09. The van der Waals surface area contributed by atoms with E-state index in [-0.39, 0.29) is 0 Å². The van der Waals surface area contributed by atoms with Crippen LogP contribution < -0.4 is 0 Å². The Balaban J connectivity index is 2.60. The average Bonchev–Trinajstić information content (AvgIpc) is 2.49. The molecule has 4 heteroatoms. The number of nitrogens with zero attached hydrogens (tertiary/aromatic N) is 1. The lowest BCUT2D eigenvalue weighted by molar-refractivity contribution is 1.03. The summed E-state index contributed by atoms with van der Waals surface area (Å²) in [7, 11) is 0. The molecule has 1 radical (unpaired) electrons. The molecule has 71 valence electrons. The molecule has 0 spiro atoms. The first-order valence-electron chi connectivity index (χ1n) is 3.89. The molecule has 0 saturated carbocycles. The predicted molar refractivity (Wildman–Crippen MR) is 75.0 cm³/mol. The summed E-state index contributed by atoms with van der Waals surface area (Å²) in [5.74, 6) is 0. The fourth-order valence-electron chi connectivity index (χ4n) is 1.15. The summed E-state index contributed by atoms with van der Waals surface area (Å²) in [6.45, 7) is 0. The third kappa shape index (κ3) is 1.94. The Morgan fingerprint density at radius 2 is 1.93 bits per heavy atom. The van der Waals surface area contributed by atoms with Crippen LogP contribution in [0.5, 0.6) is 0 Å². The van der Waals surface area contributed by atoms with Gasteiger partial charge < -0.3 is 4.57 Å². The first-order chi connectivity index (χ1) is 6.70. The average molecular weight is 428 g/mol. The molecule has 0 amide bonds. The van der Waals surface area contributed by atoms with Gasteiger partial charge in [-0.05, 0) is 63.4 Å². The van der Waals surface area contributed by atoms with Gasteiger partial charge in [0, 0.05) is 3.57 Å². The zero-order chi connectivity index (χ0) is 10.1. The van der Waals surface area contributed by atoms with Crippen LogP contribution >= 0.6 is 56.8 Å². The lowest BCUT2D eigenvalue weighted by Gasteiger charge is -2.06. The summed E-state index contributed by atoms with van der Waals surface area (Å²) in [6, 6.07) is 9.71. The van der Waals surface area contributed by atoms with Gasteiger partial charge in [0.2, 0.25) is 0 Å². The molecule has 2 aromatic rings. The van der Waals surface area contributed by atoms with Gasteiger partial charge in [0.05, 0.1) is 20.6 Å². The smallest absolute Gasteiger partial charge is 0.0985 e. The molecule has 14 heavy (non-hydrogen) atoms. The van der Waals surface area contributed by atoms with Crippen molar-refractivity contribution in [2.45, 2.75) is 0 Å². The fraction of sp³-hybridized carbons (Fsp3) is 0. The van der Waals surface area contributed by atoms with Gasteiger partial charge in [0.25, 0.3) is 0 Å². The number of para-hydroxylation sites is 1. The van der Waals surface area contributed by atoms with Crippen LogP contribution in [0.2, 0.25) is 5.02 Å². The molecule has 0 unspecified atom stereocenters. The molecule has 0 bridgehead atoms. The summed E-state index contributed by atoms with van der Waals surface area (Å²) in [5, 5.41) is 0.744. The van der Waals surface area contributed by atoms with Crippen LogP contribution in [0.4, 0.5) is 0 Å². The summed E-state index contributed by atoms with van der Waals surface area (Å²) in [4.78, 5) is 0. The fourth-order valence-corrected chi connectivity index (χ4v) is 2.31. The van der Waals surface area contributed by atoms with Gasteiger partial charge in [-0.1, -0.05) is 23.7 Å². The SMILES string of the molecule is Clc1ccccc1-n1[c]cc(I)c1I. The molecule has 0 aliphatic rings. The third-order valence-electron chi connectivity index (χ3n) is 1.81. The predicted octanol–water partition coefficient (Wildman–Crippen LogP) is 4.14. The van der Waals surface area contributed by atoms with Crippen LogP contribution in [-0.4, -0.2) is 4.57 Å². The standard InChI is InChI=1S/C10H5ClI2N/c11-7-3-1-2-4-9(7)14-6-5-8(12)10(14)13/h1-5H. The number of rotatable bonds is 1. The van der Waals surface area contributed by atoms with Crippen molar-refractivity contribution in [1.82, 2.24) is 4.57 Å². The van der Waals surface area contributed by atoms with Gasteiger partial charge in [-0.25, -0.2) is 0 Å². The maximum atomic E-state index is 6.09. The molecule has 0 N–H and O–H groups in total. The Kier molecular flexibility index (Phi) is 3.38. The highest BCUT2D eigenvalue weighted by Crippen LogP contribution is 2.25. The Bertz CT molecular complexity index is 465. The van der Waals surface area contributed by atoms with E-state index >= 15 is 0 Å². The van der Waals surface area contributed by atoms with Gasteiger partial charge in [-0.3, -0.25) is 0 Å². The van der Waals surface area contributed by atoms with Crippen LogP contribution in [0, 0.1) is 13.5 Å². The Hall–Kier alpha value is 0.250. The minimum atomic E-state index is 0.744. The minimum Gasteiger partial charge on any atom is -0.301 e. The van der Waals surface area contributed by atoms with E-state index in [9.17, 15) is 0 Å². The van der Waals surface area contributed by atoms with Crippen molar-refractivity contribution in [3.8, 4) is 5.69 Å². The highest BCUT2D eigenvalue weighted by atomic mass is 127. The van der Waals surface area contributed by atoms with Crippen LogP contribution in [0.15, 0.2) is 30.3 Å². The van der Waals surface area contributed by atoms with E-state index in [2.05, 4.69) is 51.4 Å². The van der Waals surface area contributed by atoms with E-state index < -0.39 is 0 Å². The van der Waals surface area contributed by atoms with Crippen molar-refractivity contribution >= 4 is 56.8 Å². The molecule has 0 aliphatic heterocycles. The highest BCUT2D eigenvalue weighted by molar-refractivity contribution is 14.1. The van der Waals surface area contributed by atoms with Gasteiger partial charge in [0.15, 0.2) is 0 Å². The van der Waals surface area contributed by atoms with E-state index in [1.165, 1.54) is 3.57 Å². The van der Waals surface area contributed by atoms with Crippen molar-refractivity contribution in [1.29, 1.82) is 0 Å².